The summed E-state index contributed by atoms with van der Waals surface area (Å²) in [7, 11) is 0. The number of esters is 1. The molecule has 4 heteroatoms. The Kier molecular flexibility index (Phi) is 6.65. The normalized spacial score (nSPS) is 22.9. The standard InChI is InChI=1S/C15H27NO3/c17-15(19-14-5-3-1-2-4-6-14)9-12-18-13-7-10-16-11-8-13/h13-14,16H,1-12H2. The number of carbonyl (C=O) groups is 1. The van der Waals surface area contributed by atoms with Gasteiger partial charge in [-0.1, -0.05) is 12.8 Å². The summed E-state index contributed by atoms with van der Waals surface area (Å²) in [5.74, 6) is -0.0826. The molecule has 1 saturated heterocycles. The van der Waals surface area contributed by atoms with Crippen molar-refractivity contribution in [2.75, 3.05) is 19.7 Å². The van der Waals surface area contributed by atoms with Crippen LogP contribution in [-0.4, -0.2) is 37.9 Å². The number of carbonyl (C=O) groups excluding carboxylic acids is 1. The van der Waals surface area contributed by atoms with Crippen LogP contribution in [0.25, 0.3) is 0 Å². The fourth-order valence-electron chi connectivity index (χ4n) is 2.88. The highest BCUT2D eigenvalue weighted by molar-refractivity contribution is 5.69. The first kappa shape index (κ1) is 14.8. The minimum absolute atomic E-state index is 0.0826. The molecule has 0 unspecified atom stereocenters. The van der Waals surface area contributed by atoms with Crippen LogP contribution in [0.3, 0.4) is 0 Å². The molecule has 0 spiro atoms. The highest BCUT2D eigenvalue weighted by Crippen LogP contribution is 2.20. The lowest BCUT2D eigenvalue weighted by Gasteiger charge is -2.23. The van der Waals surface area contributed by atoms with Gasteiger partial charge in [0.05, 0.1) is 19.1 Å². The Bertz CT molecular complexity index is 256. The van der Waals surface area contributed by atoms with Crippen molar-refractivity contribution in [3.63, 3.8) is 0 Å². The number of hydrogen-bond donors (Lipinski definition) is 1. The van der Waals surface area contributed by atoms with Gasteiger partial charge >= 0.3 is 5.97 Å². The van der Waals surface area contributed by atoms with E-state index in [1.807, 2.05) is 0 Å². The molecule has 0 aromatic heterocycles. The molecule has 1 N–H and O–H groups in total. The van der Waals surface area contributed by atoms with Crippen molar-refractivity contribution in [2.45, 2.75) is 70.0 Å². The Balaban J connectivity index is 1.55. The second-order valence-corrected chi connectivity index (χ2v) is 5.67. The van der Waals surface area contributed by atoms with Gasteiger partial charge in [0.25, 0.3) is 0 Å². The van der Waals surface area contributed by atoms with E-state index in [2.05, 4.69) is 5.32 Å². The third kappa shape index (κ3) is 5.91. The average Bonchev–Trinajstić information content (AvgIpc) is 2.68. The zero-order valence-corrected chi connectivity index (χ0v) is 11.9. The second kappa shape index (κ2) is 8.54. The molecule has 0 radical (unpaired) electrons. The summed E-state index contributed by atoms with van der Waals surface area (Å²) < 4.78 is 11.3. The van der Waals surface area contributed by atoms with E-state index in [1.165, 1.54) is 25.7 Å². The molecular weight excluding hydrogens is 242 g/mol. The molecule has 1 aliphatic heterocycles. The Hall–Kier alpha value is -0.610. The Morgan fingerprint density at radius 1 is 0.947 bits per heavy atom. The van der Waals surface area contributed by atoms with Crippen molar-refractivity contribution in [1.82, 2.24) is 5.32 Å². The summed E-state index contributed by atoms with van der Waals surface area (Å²) in [4.78, 5) is 11.8. The molecule has 110 valence electrons. The molecule has 1 heterocycles. The van der Waals surface area contributed by atoms with Gasteiger partial charge in [-0.3, -0.25) is 4.79 Å². The molecule has 1 aliphatic carbocycles. The topological polar surface area (TPSA) is 47.6 Å². The predicted molar refractivity (Wildman–Crippen MR) is 74.0 cm³/mol. The quantitative estimate of drug-likeness (QED) is 0.615. The van der Waals surface area contributed by atoms with Gasteiger partial charge in [0.2, 0.25) is 0 Å². The fourth-order valence-corrected chi connectivity index (χ4v) is 2.88. The Morgan fingerprint density at radius 3 is 2.32 bits per heavy atom. The highest BCUT2D eigenvalue weighted by Gasteiger charge is 2.17. The molecule has 4 nitrogen and oxygen atoms in total. The molecular formula is C15H27NO3. The van der Waals surface area contributed by atoms with Gasteiger partial charge in [-0.05, 0) is 51.6 Å². The molecule has 19 heavy (non-hydrogen) atoms. The monoisotopic (exact) mass is 269 g/mol. The van der Waals surface area contributed by atoms with Gasteiger partial charge in [-0.2, -0.15) is 0 Å². The van der Waals surface area contributed by atoms with E-state index >= 15 is 0 Å². The van der Waals surface area contributed by atoms with E-state index < -0.39 is 0 Å². The zero-order valence-electron chi connectivity index (χ0n) is 11.9. The molecule has 2 fully saturated rings. The minimum Gasteiger partial charge on any atom is -0.462 e. The van der Waals surface area contributed by atoms with Gasteiger partial charge in [0.1, 0.15) is 6.10 Å². The van der Waals surface area contributed by atoms with Crippen LogP contribution in [0.4, 0.5) is 0 Å². The fraction of sp³-hybridized carbons (Fsp3) is 0.933. The second-order valence-electron chi connectivity index (χ2n) is 5.67. The Labute approximate surface area is 116 Å². The SMILES string of the molecule is O=C(CCOC1CCNCC1)OC1CCCCCC1. The lowest BCUT2D eigenvalue weighted by Crippen LogP contribution is -2.33. The summed E-state index contributed by atoms with van der Waals surface area (Å²) in [6, 6.07) is 0. The van der Waals surface area contributed by atoms with Gasteiger partial charge in [0, 0.05) is 0 Å². The van der Waals surface area contributed by atoms with Gasteiger partial charge in [-0.15, -0.1) is 0 Å². The largest absolute Gasteiger partial charge is 0.462 e. The van der Waals surface area contributed by atoms with Crippen LogP contribution in [-0.2, 0) is 14.3 Å². The molecule has 0 amide bonds. The Morgan fingerprint density at radius 2 is 1.63 bits per heavy atom. The van der Waals surface area contributed by atoms with Crippen molar-refractivity contribution >= 4 is 5.97 Å². The van der Waals surface area contributed by atoms with Crippen molar-refractivity contribution < 1.29 is 14.3 Å². The summed E-state index contributed by atoms with van der Waals surface area (Å²) in [6.07, 6.45) is 10.0. The molecule has 0 aromatic carbocycles. The van der Waals surface area contributed by atoms with Crippen molar-refractivity contribution in [3.05, 3.63) is 0 Å². The third-order valence-electron chi connectivity index (χ3n) is 4.05. The van der Waals surface area contributed by atoms with Crippen molar-refractivity contribution in [2.24, 2.45) is 0 Å². The van der Waals surface area contributed by atoms with Crippen LogP contribution in [0.2, 0.25) is 0 Å². The number of rotatable bonds is 5. The lowest BCUT2D eigenvalue weighted by molar-refractivity contribution is -0.151. The average molecular weight is 269 g/mol. The molecule has 2 aliphatic rings. The van der Waals surface area contributed by atoms with Crippen LogP contribution in [0.15, 0.2) is 0 Å². The maximum atomic E-state index is 11.8. The van der Waals surface area contributed by atoms with E-state index in [0.717, 1.165) is 38.8 Å². The number of nitrogens with one attached hydrogen (secondary N) is 1. The van der Waals surface area contributed by atoms with E-state index in [9.17, 15) is 4.79 Å². The van der Waals surface area contributed by atoms with Gasteiger partial charge in [0.15, 0.2) is 0 Å². The number of hydrogen-bond acceptors (Lipinski definition) is 4. The van der Waals surface area contributed by atoms with E-state index in [0.29, 0.717) is 19.1 Å². The summed E-state index contributed by atoms with van der Waals surface area (Å²) in [6.45, 7) is 2.56. The summed E-state index contributed by atoms with van der Waals surface area (Å²) in [5, 5.41) is 3.30. The first-order chi connectivity index (χ1) is 9.34. The first-order valence-corrected chi connectivity index (χ1v) is 7.86. The number of ether oxygens (including phenoxy) is 2. The molecule has 1 saturated carbocycles. The van der Waals surface area contributed by atoms with E-state index in [1.54, 1.807) is 0 Å². The molecule has 0 aromatic rings. The summed E-state index contributed by atoms with van der Waals surface area (Å²) in [5.41, 5.74) is 0. The minimum atomic E-state index is -0.0826. The summed E-state index contributed by atoms with van der Waals surface area (Å²) >= 11 is 0. The van der Waals surface area contributed by atoms with Gasteiger partial charge < -0.3 is 14.8 Å². The maximum absolute atomic E-state index is 11.8. The van der Waals surface area contributed by atoms with Crippen LogP contribution in [0.1, 0.15) is 57.8 Å². The molecule has 2 rings (SSSR count). The molecule has 0 bridgehead atoms. The van der Waals surface area contributed by atoms with Crippen molar-refractivity contribution in [1.29, 1.82) is 0 Å². The van der Waals surface area contributed by atoms with Crippen LogP contribution in [0.5, 0.6) is 0 Å². The van der Waals surface area contributed by atoms with Gasteiger partial charge in [-0.25, -0.2) is 0 Å². The maximum Gasteiger partial charge on any atom is 0.308 e. The van der Waals surface area contributed by atoms with Crippen LogP contribution >= 0.6 is 0 Å². The van der Waals surface area contributed by atoms with Crippen LogP contribution < -0.4 is 5.32 Å². The lowest BCUT2D eigenvalue weighted by atomic mass is 10.1. The molecule has 0 atom stereocenters. The predicted octanol–water partition coefficient (Wildman–Crippen LogP) is 2.41. The van der Waals surface area contributed by atoms with Crippen LogP contribution in [0, 0.1) is 0 Å². The van der Waals surface area contributed by atoms with E-state index in [4.69, 9.17) is 9.47 Å². The first-order valence-electron chi connectivity index (χ1n) is 7.86. The number of piperidine rings is 1. The smallest absolute Gasteiger partial charge is 0.308 e. The van der Waals surface area contributed by atoms with Crippen molar-refractivity contribution in [3.8, 4) is 0 Å². The van der Waals surface area contributed by atoms with E-state index in [-0.39, 0.29) is 12.1 Å². The third-order valence-corrected chi connectivity index (χ3v) is 4.05. The highest BCUT2D eigenvalue weighted by atomic mass is 16.5. The zero-order chi connectivity index (χ0) is 13.3.